The molecule has 0 aliphatic rings. The molecular formula is C13H9F3N4O. The minimum Gasteiger partial charge on any atom is -0.312 e. The van der Waals surface area contributed by atoms with Gasteiger partial charge in [0.05, 0.1) is 18.4 Å². The number of H-pyrrole nitrogens is 1. The van der Waals surface area contributed by atoms with E-state index >= 15 is 0 Å². The highest BCUT2D eigenvalue weighted by Gasteiger charge is 2.30. The summed E-state index contributed by atoms with van der Waals surface area (Å²) < 4.78 is 39.3. The smallest absolute Gasteiger partial charge is 0.312 e. The molecule has 0 saturated heterocycles. The minimum absolute atomic E-state index is 0.125. The molecule has 5 nitrogen and oxygen atoms in total. The number of rotatable bonds is 2. The first kappa shape index (κ1) is 13.3. The summed E-state index contributed by atoms with van der Waals surface area (Å²) in [6, 6.07) is 4.98. The predicted molar refractivity (Wildman–Crippen MR) is 68.7 cm³/mol. The fourth-order valence-electron chi connectivity index (χ4n) is 2.01. The van der Waals surface area contributed by atoms with Crippen molar-refractivity contribution in [3.05, 3.63) is 58.3 Å². The van der Waals surface area contributed by atoms with Crippen LogP contribution >= 0.6 is 0 Å². The highest BCUT2D eigenvalue weighted by molar-refractivity contribution is 5.71. The summed E-state index contributed by atoms with van der Waals surface area (Å²) in [6.07, 6.45) is -1.70. The normalized spacial score (nSPS) is 12.0. The Balaban J connectivity index is 1.95. The van der Waals surface area contributed by atoms with Crippen LogP contribution in [0.4, 0.5) is 13.2 Å². The van der Waals surface area contributed by atoms with E-state index in [9.17, 15) is 18.0 Å². The van der Waals surface area contributed by atoms with Crippen LogP contribution in [-0.4, -0.2) is 19.7 Å². The Hall–Kier alpha value is -2.64. The third kappa shape index (κ3) is 2.64. The molecule has 3 aromatic rings. The summed E-state index contributed by atoms with van der Waals surface area (Å²) in [7, 11) is 0. The molecule has 1 N–H and O–H groups in total. The standard InChI is InChI=1S/C13H9F3N4O/c14-13(15,16)9-3-1-2-8(4-9)5-20-6-10-11(19-20)17-7-18-12(10)21/h1-4,6-7H,5H2,(H,17,18,19,21). The summed E-state index contributed by atoms with van der Waals surface area (Å²) in [5.74, 6) is 0. The molecule has 0 fully saturated rings. The lowest BCUT2D eigenvalue weighted by Gasteiger charge is -2.08. The quantitative estimate of drug-likeness (QED) is 0.788. The zero-order valence-corrected chi connectivity index (χ0v) is 10.6. The Labute approximate surface area is 116 Å². The number of hydrogen-bond donors (Lipinski definition) is 1. The number of halogens is 3. The SMILES string of the molecule is O=c1[nH]cnc2nn(Cc3cccc(C(F)(F)F)c3)cc12. The van der Waals surface area contributed by atoms with Gasteiger partial charge >= 0.3 is 6.18 Å². The maximum Gasteiger partial charge on any atom is 0.416 e. The van der Waals surface area contributed by atoms with Crippen LogP contribution in [-0.2, 0) is 12.7 Å². The van der Waals surface area contributed by atoms with Crippen LogP contribution < -0.4 is 5.56 Å². The van der Waals surface area contributed by atoms with Crippen molar-refractivity contribution in [2.75, 3.05) is 0 Å². The summed E-state index contributed by atoms with van der Waals surface area (Å²) in [5.41, 5.74) is -0.359. The van der Waals surface area contributed by atoms with Crippen molar-refractivity contribution in [3.63, 3.8) is 0 Å². The van der Waals surface area contributed by atoms with Gasteiger partial charge in [0.2, 0.25) is 0 Å². The Morgan fingerprint density at radius 2 is 2.10 bits per heavy atom. The second kappa shape index (κ2) is 4.72. The van der Waals surface area contributed by atoms with Crippen LogP contribution in [0.25, 0.3) is 11.0 Å². The van der Waals surface area contributed by atoms with Gasteiger partial charge in [0.15, 0.2) is 5.65 Å². The molecule has 0 bridgehead atoms. The molecule has 108 valence electrons. The molecule has 21 heavy (non-hydrogen) atoms. The Kier molecular flexibility index (Phi) is 3.00. The highest BCUT2D eigenvalue weighted by atomic mass is 19.4. The van der Waals surface area contributed by atoms with Gasteiger partial charge in [0.25, 0.3) is 5.56 Å². The van der Waals surface area contributed by atoms with Crippen LogP contribution in [0.2, 0.25) is 0 Å². The number of fused-ring (bicyclic) bond motifs is 1. The van der Waals surface area contributed by atoms with Gasteiger partial charge in [-0.25, -0.2) is 4.98 Å². The summed E-state index contributed by atoms with van der Waals surface area (Å²) in [6.45, 7) is 0.125. The zero-order chi connectivity index (χ0) is 15.0. The Bertz CT molecular complexity index is 850. The van der Waals surface area contributed by atoms with E-state index in [0.29, 0.717) is 10.9 Å². The van der Waals surface area contributed by atoms with Crippen molar-refractivity contribution in [3.8, 4) is 0 Å². The van der Waals surface area contributed by atoms with Gasteiger partial charge in [-0.15, -0.1) is 0 Å². The summed E-state index contributed by atoms with van der Waals surface area (Å²) >= 11 is 0. The topological polar surface area (TPSA) is 63.6 Å². The molecule has 2 aromatic heterocycles. The predicted octanol–water partition coefficient (Wildman–Crippen LogP) is 2.19. The number of nitrogens with zero attached hydrogens (tertiary/aromatic N) is 3. The number of alkyl halides is 3. The first-order valence-corrected chi connectivity index (χ1v) is 6.00. The van der Waals surface area contributed by atoms with Gasteiger partial charge < -0.3 is 4.98 Å². The van der Waals surface area contributed by atoms with Crippen molar-refractivity contribution in [2.24, 2.45) is 0 Å². The molecule has 0 spiro atoms. The first-order valence-electron chi connectivity index (χ1n) is 6.00. The molecule has 2 heterocycles. The number of benzene rings is 1. The van der Waals surface area contributed by atoms with Gasteiger partial charge in [-0.2, -0.15) is 18.3 Å². The van der Waals surface area contributed by atoms with Crippen LogP contribution in [0.15, 0.2) is 41.6 Å². The lowest BCUT2D eigenvalue weighted by Crippen LogP contribution is -2.07. The maximum absolute atomic E-state index is 12.6. The maximum atomic E-state index is 12.6. The average molecular weight is 294 g/mol. The zero-order valence-electron chi connectivity index (χ0n) is 10.6. The minimum atomic E-state index is -4.39. The van der Waals surface area contributed by atoms with Crippen molar-refractivity contribution >= 4 is 11.0 Å². The molecular weight excluding hydrogens is 285 g/mol. The van der Waals surface area contributed by atoms with Gasteiger partial charge in [-0.3, -0.25) is 9.48 Å². The van der Waals surface area contributed by atoms with Crippen molar-refractivity contribution in [2.45, 2.75) is 12.7 Å². The van der Waals surface area contributed by atoms with E-state index in [1.165, 1.54) is 23.3 Å². The van der Waals surface area contributed by atoms with Gasteiger partial charge in [0.1, 0.15) is 5.39 Å². The van der Waals surface area contributed by atoms with E-state index in [1.54, 1.807) is 6.07 Å². The van der Waals surface area contributed by atoms with E-state index in [-0.39, 0.29) is 17.8 Å². The molecule has 0 atom stereocenters. The van der Waals surface area contributed by atoms with E-state index in [0.717, 1.165) is 12.1 Å². The average Bonchev–Trinajstić information content (AvgIpc) is 2.82. The molecule has 1 aromatic carbocycles. The number of nitrogens with one attached hydrogen (secondary N) is 1. The van der Waals surface area contributed by atoms with E-state index in [2.05, 4.69) is 15.1 Å². The molecule has 0 aliphatic heterocycles. The van der Waals surface area contributed by atoms with Crippen LogP contribution in [0.3, 0.4) is 0 Å². The van der Waals surface area contributed by atoms with Gasteiger partial charge in [-0.1, -0.05) is 12.1 Å². The molecule has 0 aliphatic carbocycles. The molecule has 3 rings (SSSR count). The van der Waals surface area contributed by atoms with Crippen LogP contribution in [0.5, 0.6) is 0 Å². The second-order valence-electron chi connectivity index (χ2n) is 4.49. The molecule has 8 heteroatoms. The Morgan fingerprint density at radius 3 is 2.81 bits per heavy atom. The number of aromatic amines is 1. The summed E-state index contributed by atoms with van der Waals surface area (Å²) in [5, 5.41) is 4.36. The summed E-state index contributed by atoms with van der Waals surface area (Å²) in [4.78, 5) is 17.8. The van der Waals surface area contributed by atoms with Crippen LogP contribution in [0, 0.1) is 0 Å². The highest BCUT2D eigenvalue weighted by Crippen LogP contribution is 2.29. The van der Waals surface area contributed by atoms with E-state index in [1.807, 2.05) is 0 Å². The largest absolute Gasteiger partial charge is 0.416 e. The molecule has 0 unspecified atom stereocenters. The Morgan fingerprint density at radius 1 is 1.29 bits per heavy atom. The lowest BCUT2D eigenvalue weighted by atomic mass is 10.1. The lowest BCUT2D eigenvalue weighted by molar-refractivity contribution is -0.137. The molecule has 0 amide bonds. The van der Waals surface area contributed by atoms with Crippen molar-refractivity contribution in [1.29, 1.82) is 0 Å². The fourth-order valence-corrected chi connectivity index (χ4v) is 2.01. The van der Waals surface area contributed by atoms with Crippen LogP contribution in [0.1, 0.15) is 11.1 Å². The van der Waals surface area contributed by atoms with E-state index < -0.39 is 11.7 Å². The number of hydrogen-bond acceptors (Lipinski definition) is 3. The third-order valence-electron chi connectivity index (χ3n) is 2.97. The van der Waals surface area contributed by atoms with Crippen molar-refractivity contribution < 1.29 is 13.2 Å². The number of aromatic nitrogens is 4. The monoisotopic (exact) mass is 294 g/mol. The van der Waals surface area contributed by atoms with Crippen molar-refractivity contribution in [1.82, 2.24) is 19.7 Å². The third-order valence-corrected chi connectivity index (χ3v) is 2.97. The molecule has 0 radical (unpaired) electrons. The van der Waals surface area contributed by atoms with E-state index in [4.69, 9.17) is 0 Å². The molecule has 0 saturated carbocycles. The fraction of sp³-hybridized carbons (Fsp3) is 0.154. The van der Waals surface area contributed by atoms with Gasteiger partial charge in [-0.05, 0) is 17.7 Å². The van der Waals surface area contributed by atoms with Gasteiger partial charge in [0, 0.05) is 6.20 Å². The second-order valence-corrected chi connectivity index (χ2v) is 4.49. The first-order chi connectivity index (χ1) is 9.93.